The summed E-state index contributed by atoms with van der Waals surface area (Å²) in [6.45, 7) is 1.98. The van der Waals surface area contributed by atoms with Crippen molar-refractivity contribution in [3.63, 3.8) is 0 Å². The number of Topliss-reactive ketones (excluding diaryl/α,β-unsaturated/α-hetero) is 1. The highest BCUT2D eigenvalue weighted by Gasteiger charge is 2.29. The van der Waals surface area contributed by atoms with Crippen LogP contribution in [0, 0.1) is 12.8 Å². The smallest absolute Gasteiger partial charge is 0.191 e. The summed E-state index contributed by atoms with van der Waals surface area (Å²) < 4.78 is 25.0. The number of hydrogen-bond acceptors (Lipinski definition) is 7. The minimum absolute atomic E-state index is 0.0875. The maximum atomic E-state index is 12.2. The standard InChI is InChI=1S/C15H19N3O3S3/c1-10-3-4-13(23-10)12(19)8-22-15-17-16-14(18(15)2)7-11-5-6-24(20,21)9-11/h3-4,11H,5-9H2,1-2H3. The molecule has 3 rings (SSSR count). The van der Waals surface area contributed by atoms with Crippen molar-refractivity contribution in [1.82, 2.24) is 14.8 Å². The van der Waals surface area contributed by atoms with Crippen LogP contribution in [0.3, 0.4) is 0 Å². The lowest BCUT2D eigenvalue weighted by atomic mass is 10.1. The molecular formula is C15H19N3O3S3. The van der Waals surface area contributed by atoms with Crippen LogP contribution >= 0.6 is 23.1 Å². The first-order valence-corrected chi connectivity index (χ1v) is 11.3. The van der Waals surface area contributed by atoms with E-state index in [4.69, 9.17) is 0 Å². The molecule has 2 aromatic heterocycles. The highest BCUT2D eigenvalue weighted by Crippen LogP contribution is 2.25. The number of thioether (sulfide) groups is 1. The summed E-state index contributed by atoms with van der Waals surface area (Å²) in [5.74, 6) is 1.81. The molecule has 1 aliphatic rings. The third-order valence-electron chi connectivity index (χ3n) is 4.07. The van der Waals surface area contributed by atoms with Gasteiger partial charge in [0.15, 0.2) is 20.8 Å². The van der Waals surface area contributed by atoms with Crippen LogP contribution in [0.2, 0.25) is 0 Å². The molecule has 0 amide bonds. The van der Waals surface area contributed by atoms with Gasteiger partial charge in [-0.3, -0.25) is 4.79 Å². The van der Waals surface area contributed by atoms with Gasteiger partial charge < -0.3 is 4.57 Å². The fraction of sp³-hybridized carbons (Fsp3) is 0.533. The Morgan fingerprint density at radius 3 is 2.83 bits per heavy atom. The third-order valence-corrected chi connectivity index (χ3v) is 7.97. The zero-order valence-electron chi connectivity index (χ0n) is 13.6. The van der Waals surface area contributed by atoms with Gasteiger partial charge in [-0.15, -0.1) is 21.5 Å². The van der Waals surface area contributed by atoms with Crippen molar-refractivity contribution < 1.29 is 13.2 Å². The second-order valence-corrected chi connectivity index (χ2v) is 10.5. The fourth-order valence-electron chi connectivity index (χ4n) is 2.73. The van der Waals surface area contributed by atoms with E-state index >= 15 is 0 Å². The molecule has 0 bridgehead atoms. The van der Waals surface area contributed by atoms with E-state index in [1.54, 1.807) is 0 Å². The number of carbonyl (C=O) groups excluding carboxylic acids is 1. The molecule has 0 saturated carbocycles. The molecule has 1 aliphatic heterocycles. The Hall–Kier alpha value is -1.19. The zero-order chi connectivity index (χ0) is 17.3. The molecule has 0 spiro atoms. The molecule has 1 fully saturated rings. The summed E-state index contributed by atoms with van der Waals surface area (Å²) in [6, 6.07) is 3.80. The van der Waals surface area contributed by atoms with Crippen molar-refractivity contribution in [1.29, 1.82) is 0 Å². The number of sulfone groups is 1. The second-order valence-electron chi connectivity index (χ2n) is 6.05. The van der Waals surface area contributed by atoms with Gasteiger partial charge in [-0.2, -0.15) is 0 Å². The van der Waals surface area contributed by atoms with E-state index in [1.807, 2.05) is 30.7 Å². The van der Waals surface area contributed by atoms with Gasteiger partial charge in [-0.1, -0.05) is 11.8 Å². The van der Waals surface area contributed by atoms with E-state index in [-0.39, 0.29) is 23.2 Å². The maximum absolute atomic E-state index is 12.2. The number of nitrogens with zero attached hydrogens (tertiary/aromatic N) is 3. The van der Waals surface area contributed by atoms with Crippen LogP contribution in [-0.4, -0.2) is 46.2 Å². The van der Waals surface area contributed by atoms with Crippen LogP contribution in [0.4, 0.5) is 0 Å². The molecule has 0 radical (unpaired) electrons. The van der Waals surface area contributed by atoms with Crippen molar-refractivity contribution in [3.8, 4) is 0 Å². The van der Waals surface area contributed by atoms with Crippen molar-refractivity contribution in [2.45, 2.75) is 24.9 Å². The van der Waals surface area contributed by atoms with Gasteiger partial charge in [-0.25, -0.2) is 8.42 Å². The molecule has 24 heavy (non-hydrogen) atoms. The van der Waals surface area contributed by atoms with Crippen LogP contribution in [0.5, 0.6) is 0 Å². The number of aryl methyl sites for hydroxylation is 1. The Morgan fingerprint density at radius 2 is 2.21 bits per heavy atom. The largest absolute Gasteiger partial charge is 0.309 e. The number of thiophene rings is 1. The lowest BCUT2D eigenvalue weighted by Crippen LogP contribution is -2.11. The molecule has 1 saturated heterocycles. The van der Waals surface area contributed by atoms with Crippen molar-refractivity contribution in [2.75, 3.05) is 17.3 Å². The van der Waals surface area contributed by atoms with E-state index in [1.165, 1.54) is 23.1 Å². The first-order chi connectivity index (χ1) is 11.3. The van der Waals surface area contributed by atoms with Crippen LogP contribution in [-0.2, 0) is 23.3 Å². The summed E-state index contributed by atoms with van der Waals surface area (Å²) in [6.07, 6.45) is 1.30. The van der Waals surface area contributed by atoms with Crippen LogP contribution in [0.25, 0.3) is 0 Å². The number of carbonyl (C=O) groups is 1. The third kappa shape index (κ3) is 4.07. The van der Waals surface area contributed by atoms with E-state index < -0.39 is 9.84 Å². The van der Waals surface area contributed by atoms with E-state index in [0.717, 1.165) is 15.6 Å². The average molecular weight is 386 g/mol. The number of aromatic nitrogens is 3. The summed E-state index contributed by atoms with van der Waals surface area (Å²) in [5.41, 5.74) is 0. The van der Waals surface area contributed by atoms with Crippen molar-refractivity contribution in [2.24, 2.45) is 13.0 Å². The number of hydrogen-bond donors (Lipinski definition) is 0. The Balaban J connectivity index is 1.60. The van der Waals surface area contributed by atoms with Crippen LogP contribution in [0.1, 0.15) is 26.8 Å². The molecule has 3 heterocycles. The zero-order valence-corrected chi connectivity index (χ0v) is 16.0. The monoisotopic (exact) mass is 385 g/mol. The lowest BCUT2D eigenvalue weighted by molar-refractivity contribution is 0.102. The van der Waals surface area contributed by atoms with Gasteiger partial charge in [-0.05, 0) is 31.4 Å². The van der Waals surface area contributed by atoms with E-state index in [2.05, 4.69) is 10.2 Å². The Bertz CT molecular complexity index is 854. The van der Waals surface area contributed by atoms with E-state index in [9.17, 15) is 13.2 Å². The minimum Gasteiger partial charge on any atom is -0.309 e. The van der Waals surface area contributed by atoms with Gasteiger partial charge >= 0.3 is 0 Å². The summed E-state index contributed by atoms with van der Waals surface area (Å²) in [7, 11) is -1.02. The Labute approximate surface area is 149 Å². The quantitative estimate of drug-likeness (QED) is 0.560. The van der Waals surface area contributed by atoms with Gasteiger partial charge in [0, 0.05) is 18.3 Å². The number of ketones is 1. The van der Waals surface area contributed by atoms with E-state index in [0.29, 0.717) is 23.8 Å². The van der Waals surface area contributed by atoms with Gasteiger partial charge in [0.2, 0.25) is 0 Å². The van der Waals surface area contributed by atoms with Gasteiger partial charge in [0.1, 0.15) is 5.82 Å². The lowest BCUT2D eigenvalue weighted by Gasteiger charge is -2.07. The maximum Gasteiger partial charge on any atom is 0.191 e. The molecule has 1 atom stereocenters. The summed E-state index contributed by atoms with van der Waals surface area (Å²) >= 11 is 2.86. The van der Waals surface area contributed by atoms with Crippen molar-refractivity contribution in [3.05, 3.63) is 27.7 Å². The predicted octanol–water partition coefficient (Wildman–Crippen LogP) is 2.14. The van der Waals surface area contributed by atoms with Crippen LogP contribution < -0.4 is 0 Å². The molecule has 130 valence electrons. The number of rotatable bonds is 6. The molecule has 2 aromatic rings. The predicted molar refractivity (Wildman–Crippen MR) is 95.6 cm³/mol. The topological polar surface area (TPSA) is 81.9 Å². The van der Waals surface area contributed by atoms with Crippen molar-refractivity contribution >= 4 is 38.7 Å². The minimum atomic E-state index is -2.88. The van der Waals surface area contributed by atoms with Gasteiger partial charge in [0.05, 0.1) is 22.1 Å². The molecule has 1 unspecified atom stereocenters. The van der Waals surface area contributed by atoms with Gasteiger partial charge in [0.25, 0.3) is 0 Å². The molecule has 9 heteroatoms. The first-order valence-electron chi connectivity index (χ1n) is 7.65. The summed E-state index contributed by atoms with van der Waals surface area (Å²) in [5, 5.41) is 9.00. The highest BCUT2D eigenvalue weighted by atomic mass is 32.2. The highest BCUT2D eigenvalue weighted by molar-refractivity contribution is 7.99. The Morgan fingerprint density at radius 1 is 1.42 bits per heavy atom. The second kappa shape index (κ2) is 6.97. The molecule has 6 nitrogen and oxygen atoms in total. The van der Waals surface area contributed by atoms with Crippen LogP contribution in [0.15, 0.2) is 17.3 Å². The normalized spacial score (nSPS) is 19.7. The summed E-state index contributed by atoms with van der Waals surface area (Å²) in [4.78, 5) is 14.0. The fourth-order valence-corrected chi connectivity index (χ4v) is 6.30. The molecule has 0 N–H and O–H groups in total. The Kier molecular flexibility index (Phi) is 5.12. The molecular weight excluding hydrogens is 366 g/mol. The SMILES string of the molecule is Cc1ccc(C(=O)CSc2nnc(CC3CCS(=O)(=O)C3)n2C)s1. The molecule has 0 aromatic carbocycles. The first kappa shape index (κ1) is 17.6. The average Bonchev–Trinajstić information content (AvgIpc) is 3.19. The molecule has 0 aliphatic carbocycles.